The average molecular weight is 437 g/mol. The van der Waals surface area contributed by atoms with Crippen LogP contribution in [-0.4, -0.2) is 35.5 Å². The lowest BCUT2D eigenvalue weighted by Crippen LogP contribution is -2.39. The van der Waals surface area contributed by atoms with Crippen LogP contribution in [0.4, 0.5) is 0 Å². The molecular formula is C28H24N2O3. The minimum Gasteiger partial charge on any atom is -0.486 e. The van der Waals surface area contributed by atoms with Gasteiger partial charge >= 0.3 is 0 Å². The molecule has 6 rings (SSSR count). The zero-order chi connectivity index (χ0) is 22.2. The van der Waals surface area contributed by atoms with Gasteiger partial charge in [-0.3, -0.25) is 4.79 Å². The Bertz CT molecular complexity index is 1360. The number of ether oxygens (including phenoxy) is 2. The molecule has 5 heteroatoms. The van der Waals surface area contributed by atoms with Gasteiger partial charge in [-0.05, 0) is 47.4 Å². The van der Waals surface area contributed by atoms with Crippen LogP contribution in [0.2, 0.25) is 0 Å². The Balaban J connectivity index is 1.43. The first-order chi connectivity index (χ1) is 16.3. The van der Waals surface area contributed by atoms with Gasteiger partial charge in [-0.25, -0.2) is 0 Å². The first-order valence-electron chi connectivity index (χ1n) is 11.3. The average Bonchev–Trinajstić information content (AvgIpc) is 3.26. The molecular weight excluding hydrogens is 412 g/mol. The molecule has 0 aliphatic carbocycles. The molecule has 1 N–H and O–H groups in total. The normalized spacial score (nSPS) is 17.3. The summed E-state index contributed by atoms with van der Waals surface area (Å²) in [6.07, 6.45) is 4.36. The highest BCUT2D eigenvalue weighted by Gasteiger charge is 2.34. The number of nitrogens with one attached hydrogen (secondary N) is 1. The van der Waals surface area contributed by atoms with E-state index in [0.717, 1.165) is 40.3 Å². The van der Waals surface area contributed by atoms with Crippen molar-refractivity contribution in [1.29, 1.82) is 0 Å². The highest BCUT2D eigenvalue weighted by molar-refractivity contribution is 5.93. The number of nitrogens with zero attached hydrogens (tertiary/aromatic N) is 1. The van der Waals surface area contributed by atoms with Crippen molar-refractivity contribution < 1.29 is 14.3 Å². The van der Waals surface area contributed by atoms with Crippen LogP contribution in [0.15, 0.2) is 78.9 Å². The number of benzene rings is 3. The van der Waals surface area contributed by atoms with Crippen LogP contribution in [0.3, 0.4) is 0 Å². The monoisotopic (exact) mass is 436 g/mol. The summed E-state index contributed by atoms with van der Waals surface area (Å²) in [6.45, 7) is 1.73. The minimum absolute atomic E-state index is 0.0111. The Morgan fingerprint density at radius 1 is 0.939 bits per heavy atom. The SMILES string of the molecule is O=C(/C=C/c1ccccc1)N1CCc2c([nH]c3ccccc23)C1c1ccc2c(c1)OCCO2. The van der Waals surface area contributed by atoms with Crippen LogP contribution in [-0.2, 0) is 11.2 Å². The van der Waals surface area contributed by atoms with Gasteiger partial charge in [0, 0.05) is 29.2 Å². The summed E-state index contributed by atoms with van der Waals surface area (Å²) >= 11 is 0. The first-order valence-corrected chi connectivity index (χ1v) is 11.3. The maximum Gasteiger partial charge on any atom is 0.247 e. The fourth-order valence-corrected chi connectivity index (χ4v) is 4.88. The predicted octanol–water partition coefficient (Wildman–Crippen LogP) is 5.13. The Morgan fingerprint density at radius 2 is 1.73 bits per heavy atom. The van der Waals surface area contributed by atoms with E-state index in [1.54, 1.807) is 6.08 Å². The van der Waals surface area contributed by atoms with Gasteiger partial charge in [-0.1, -0.05) is 54.6 Å². The van der Waals surface area contributed by atoms with Crippen LogP contribution >= 0.6 is 0 Å². The minimum atomic E-state index is -0.232. The Kier molecular flexibility index (Phi) is 4.87. The van der Waals surface area contributed by atoms with Gasteiger partial charge in [0.25, 0.3) is 0 Å². The molecule has 1 aromatic heterocycles. The fourth-order valence-electron chi connectivity index (χ4n) is 4.88. The third-order valence-corrected chi connectivity index (χ3v) is 6.42. The van der Waals surface area contributed by atoms with Crippen molar-refractivity contribution in [2.24, 2.45) is 0 Å². The molecule has 1 unspecified atom stereocenters. The van der Waals surface area contributed by atoms with E-state index < -0.39 is 0 Å². The van der Waals surface area contributed by atoms with E-state index in [2.05, 4.69) is 23.2 Å². The summed E-state index contributed by atoms with van der Waals surface area (Å²) in [5, 5.41) is 1.22. The lowest BCUT2D eigenvalue weighted by Gasteiger charge is -2.36. The molecule has 0 saturated heterocycles. The van der Waals surface area contributed by atoms with Crippen molar-refractivity contribution in [3.05, 3.63) is 101 Å². The number of hydrogen-bond donors (Lipinski definition) is 1. The molecule has 3 heterocycles. The molecule has 2 aliphatic heterocycles. The van der Waals surface area contributed by atoms with Crippen molar-refractivity contribution in [2.45, 2.75) is 12.5 Å². The quantitative estimate of drug-likeness (QED) is 0.453. The van der Waals surface area contributed by atoms with Crippen molar-refractivity contribution in [2.75, 3.05) is 19.8 Å². The molecule has 1 amide bonds. The molecule has 0 fully saturated rings. The maximum atomic E-state index is 13.4. The Labute approximate surface area is 192 Å². The van der Waals surface area contributed by atoms with Crippen LogP contribution in [0.5, 0.6) is 11.5 Å². The third kappa shape index (κ3) is 3.55. The van der Waals surface area contributed by atoms with Crippen LogP contribution in [0.1, 0.15) is 28.4 Å². The molecule has 33 heavy (non-hydrogen) atoms. The van der Waals surface area contributed by atoms with E-state index in [-0.39, 0.29) is 11.9 Å². The Morgan fingerprint density at radius 3 is 2.61 bits per heavy atom. The van der Waals surface area contributed by atoms with Gasteiger partial charge < -0.3 is 19.4 Å². The van der Waals surface area contributed by atoms with Gasteiger partial charge in [0.15, 0.2) is 11.5 Å². The summed E-state index contributed by atoms with van der Waals surface area (Å²) in [4.78, 5) is 19.0. The molecule has 0 bridgehead atoms. The lowest BCUT2D eigenvalue weighted by molar-refractivity contribution is -0.128. The van der Waals surface area contributed by atoms with Crippen molar-refractivity contribution in [3.63, 3.8) is 0 Å². The number of aromatic nitrogens is 1. The molecule has 0 spiro atoms. The van der Waals surface area contributed by atoms with E-state index >= 15 is 0 Å². The van der Waals surface area contributed by atoms with E-state index in [1.807, 2.05) is 65.6 Å². The molecule has 1 atom stereocenters. The van der Waals surface area contributed by atoms with Crippen LogP contribution < -0.4 is 9.47 Å². The Hall–Kier alpha value is -3.99. The lowest BCUT2D eigenvalue weighted by atomic mass is 9.92. The van der Waals surface area contributed by atoms with E-state index in [0.29, 0.717) is 19.8 Å². The standard InChI is InChI=1S/C28H24N2O3/c31-26(13-10-19-6-2-1-3-7-19)30-15-14-22-21-8-4-5-9-23(21)29-27(22)28(30)20-11-12-24-25(18-20)33-17-16-32-24/h1-13,18,28-29H,14-17H2/b13-10+. The second-order valence-corrected chi connectivity index (χ2v) is 8.39. The first kappa shape index (κ1) is 19.7. The molecule has 3 aromatic carbocycles. The largest absolute Gasteiger partial charge is 0.486 e. The number of carbonyl (C=O) groups is 1. The number of hydrogen-bond acceptors (Lipinski definition) is 3. The molecule has 0 radical (unpaired) electrons. The number of para-hydroxylation sites is 1. The number of rotatable bonds is 3. The molecule has 164 valence electrons. The van der Waals surface area contributed by atoms with Gasteiger partial charge in [-0.15, -0.1) is 0 Å². The summed E-state index contributed by atoms with van der Waals surface area (Å²) in [5.74, 6) is 1.47. The van der Waals surface area contributed by atoms with E-state index in [4.69, 9.17) is 9.47 Å². The fraction of sp³-hybridized carbons (Fsp3) is 0.179. The van der Waals surface area contributed by atoms with Gasteiger partial charge in [0.05, 0.1) is 6.04 Å². The smallest absolute Gasteiger partial charge is 0.247 e. The summed E-state index contributed by atoms with van der Waals surface area (Å²) in [5.41, 5.74) is 5.46. The van der Waals surface area contributed by atoms with E-state index in [9.17, 15) is 4.79 Å². The summed E-state index contributed by atoms with van der Waals surface area (Å²) in [6, 6.07) is 24.0. The van der Waals surface area contributed by atoms with Crippen LogP contribution in [0, 0.1) is 0 Å². The number of amides is 1. The van der Waals surface area contributed by atoms with Crippen molar-refractivity contribution >= 4 is 22.9 Å². The zero-order valence-corrected chi connectivity index (χ0v) is 18.2. The predicted molar refractivity (Wildman–Crippen MR) is 128 cm³/mol. The molecule has 5 nitrogen and oxygen atoms in total. The van der Waals surface area contributed by atoms with Crippen molar-refractivity contribution in [1.82, 2.24) is 9.88 Å². The van der Waals surface area contributed by atoms with Gasteiger partial charge in [0.1, 0.15) is 13.2 Å². The van der Waals surface area contributed by atoms with Gasteiger partial charge in [-0.2, -0.15) is 0 Å². The third-order valence-electron chi connectivity index (χ3n) is 6.42. The highest BCUT2D eigenvalue weighted by atomic mass is 16.6. The van der Waals surface area contributed by atoms with Crippen LogP contribution in [0.25, 0.3) is 17.0 Å². The van der Waals surface area contributed by atoms with Gasteiger partial charge in [0.2, 0.25) is 5.91 Å². The summed E-state index contributed by atoms with van der Waals surface area (Å²) < 4.78 is 11.6. The van der Waals surface area contributed by atoms with Crippen molar-refractivity contribution in [3.8, 4) is 11.5 Å². The molecule has 2 aliphatic rings. The number of H-pyrrole nitrogens is 1. The second kappa shape index (κ2) is 8.17. The second-order valence-electron chi connectivity index (χ2n) is 8.39. The zero-order valence-electron chi connectivity index (χ0n) is 18.2. The number of aromatic amines is 1. The van der Waals surface area contributed by atoms with E-state index in [1.165, 1.54) is 10.9 Å². The maximum absolute atomic E-state index is 13.4. The topological polar surface area (TPSA) is 54.6 Å². The summed E-state index contributed by atoms with van der Waals surface area (Å²) in [7, 11) is 0. The molecule has 0 saturated carbocycles. The number of fused-ring (bicyclic) bond motifs is 4. The molecule has 4 aromatic rings. The number of carbonyl (C=O) groups excluding carboxylic acids is 1. The highest BCUT2D eigenvalue weighted by Crippen LogP contribution is 2.41.